The second-order valence-corrected chi connectivity index (χ2v) is 7.53. The molecule has 0 amide bonds. The average molecular weight is 411 g/mol. The summed E-state index contributed by atoms with van der Waals surface area (Å²) in [6.07, 6.45) is 2.04. The number of aliphatic imine (C=N–C) groups is 1. The summed E-state index contributed by atoms with van der Waals surface area (Å²) >= 11 is 6.22. The van der Waals surface area contributed by atoms with Gasteiger partial charge in [-0.2, -0.15) is 0 Å². The monoisotopic (exact) mass is 410 g/mol. The molecule has 1 N–H and O–H groups in total. The van der Waals surface area contributed by atoms with E-state index in [0.717, 1.165) is 44.7 Å². The fourth-order valence-electron chi connectivity index (χ4n) is 3.38. The number of halogens is 3. The van der Waals surface area contributed by atoms with Gasteiger partial charge in [0.15, 0.2) is 0 Å². The number of amidine groups is 1. The number of allylic oxidation sites excluding steroid dienone is 2. The topological polar surface area (TPSA) is 49.8 Å². The summed E-state index contributed by atoms with van der Waals surface area (Å²) in [5, 5.41) is 3.49. The van der Waals surface area contributed by atoms with Crippen molar-refractivity contribution in [2.45, 2.75) is 38.2 Å². The first-order chi connectivity index (χ1) is 13.4. The molecule has 2 aliphatic heterocycles. The number of nitrogens with zero attached hydrogens (tertiary/aromatic N) is 3. The average Bonchev–Trinajstić information content (AvgIpc) is 2.60. The minimum atomic E-state index is -2.58. The normalized spacial score (nSPS) is 20.0. The highest BCUT2D eigenvalue weighted by Crippen LogP contribution is 2.32. The highest BCUT2D eigenvalue weighted by Gasteiger charge is 2.30. The van der Waals surface area contributed by atoms with Crippen molar-refractivity contribution in [3.05, 3.63) is 47.3 Å². The minimum absolute atomic E-state index is 0.278. The van der Waals surface area contributed by atoms with Crippen molar-refractivity contribution in [2.24, 2.45) is 4.99 Å². The van der Waals surface area contributed by atoms with Gasteiger partial charge in [-0.05, 0) is 62.5 Å². The molecule has 1 aromatic heterocycles. The standard InChI is InChI=1S/C20H25ClF2N4O/c1-13(20(22)23)3-6-24-14(2)25-19-10-16(9-18(21)26-19)15-4-7-27(8-5-15)17-11-28-12-17/h3,6,9-10,15,17,20H,1,4-5,7-8,11-12H2,2H3,(H,24,25,26)/b6-3-. The number of hydrogen-bond acceptors (Lipinski definition) is 4. The molecule has 1 aromatic rings. The molecule has 0 unspecified atom stereocenters. The molecule has 2 fully saturated rings. The second-order valence-electron chi connectivity index (χ2n) is 7.14. The Balaban J connectivity index is 1.60. The summed E-state index contributed by atoms with van der Waals surface area (Å²) in [6, 6.07) is 4.48. The first-order valence-electron chi connectivity index (χ1n) is 9.36. The third-order valence-electron chi connectivity index (χ3n) is 5.10. The molecular weight excluding hydrogens is 386 g/mol. The Morgan fingerprint density at radius 2 is 2.11 bits per heavy atom. The van der Waals surface area contributed by atoms with Gasteiger partial charge in [-0.15, -0.1) is 0 Å². The Labute approximate surface area is 169 Å². The molecule has 2 aliphatic rings. The molecule has 0 spiro atoms. The number of hydrogen-bond donors (Lipinski definition) is 1. The van der Waals surface area contributed by atoms with Crippen molar-refractivity contribution in [3.63, 3.8) is 0 Å². The molecule has 0 atom stereocenters. The maximum Gasteiger partial charge on any atom is 0.263 e. The van der Waals surface area contributed by atoms with Gasteiger partial charge in [-0.25, -0.2) is 18.8 Å². The maximum absolute atomic E-state index is 12.4. The van der Waals surface area contributed by atoms with Crippen LogP contribution in [0.1, 0.15) is 31.2 Å². The molecule has 28 heavy (non-hydrogen) atoms. The Hall–Kier alpha value is -1.83. The van der Waals surface area contributed by atoms with Crippen molar-refractivity contribution in [1.82, 2.24) is 9.88 Å². The van der Waals surface area contributed by atoms with Crippen molar-refractivity contribution >= 4 is 23.3 Å². The highest BCUT2D eigenvalue weighted by atomic mass is 35.5. The van der Waals surface area contributed by atoms with Crippen LogP contribution in [0.4, 0.5) is 14.6 Å². The zero-order chi connectivity index (χ0) is 20.1. The van der Waals surface area contributed by atoms with E-state index in [1.54, 1.807) is 6.92 Å². The van der Waals surface area contributed by atoms with Crippen LogP contribution < -0.4 is 5.32 Å². The van der Waals surface area contributed by atoms with Crippen LogP contribution in [0.3, 0.4) is 0 Å². The van der Waals surface area contributed by atoms with E-state index < -0.39 is 6.43 Å². The predicted molar refractivity (Wildman–Crippen MR) is 108 cm³/mol. The van der Waals surface area contributed by atoms with E-state index in [0.29, 0.717) is 28.8 Å². The molecule has 0 aromatic carbocycles. The summed E-state index contributed by atoms with van der Waals surface area (Å²) < 4.78 is 30.1. The molecule has 5 nitrogen and oxygen atoms in total. The van der Waals surface area contributed by atoms with Gasteiger partial charge in [-0.3, -0.25) is 4.90 Å². The third-order valence-corrected chi connectivity index (χ3v) is 5.29. The summed E-state index contributed by atoms with van der Waals surface area (Å²) in [4.78, 5) is 10.9. The molecule has 0 aliphatic carbocycles. The second kappa shape index (κ2) is 9.58. The lowest BCUT2D eigenvalue weighted by atomic mass is 9.89. The number of nitrogens with one attached hydrogen (secondary N) is 1. The molecule has 2 saturated heterocycles. The third kappa shape index (κ3) is 5.59. The fraction of sp³-hybridized carbons (Fsp3) is 0.500. The lowest BCUT2D eigenvalue weighted by Gasteiger charge is -2.41. The van der Waals surface area contributed by atoms with Crippen LogP contribution in [0.2, 0.25) is 5.15 Å². The van der Waals surface area contributed by atoms with Gasteiger partial charge >= 0.3 is 0 Å². The zero-order valence-electron chi connectivity index (χ0n) is 15.9. The van der Waals surface area contributed by atoms with E-state index in [4.69, 9.17) is 16.3 Å². The number of aromatic nitrogens is 1. The molecule has 3 rings (SSSR count). The predicted octanol–water partition coefficient (Wildman–Crippen LogP) is 4.48. The molecule has 152 valence electrons. The number of likely N-dealkylation sites (tertiary alicyclic amines) is 1. The van der Waals surface area contributed by atoms with Gasteiger partial charge in [0, 0.05) is 11.8 Å². The van der Waals surface area contributed by atoms with Gasteiger partial charge < -0.3 is 10.1 Å². The van der Waals surface area contributed by atoms with Gasteiger partial charge in [0.25, 0.3) is 6.43 Å². The molecule has 0 saturated carbocycles. The number of rotatable bonds is 6. The van der Waals surface area contributed by atoms with E-state index >= 15 is 0 Å². The lowest BCUT2D eigenvalue weighted by Crippen LogP contribution is -2.51. The number of alkyl halides is 2. The van der Waals surface area contributed by atoms with Gasteiger partial charge in [0.1, 0.15) is 16.8 Å². The first kappa shape index (κ1) is 20.9. The Morgan fingerprint density at radius 3 is 2.71 bits per heavy atom. The number of ether oxygens (including phenoxy) is 1. The Kier molecular flexibility index (Phi) is 7.15. The number of anilines is 1. The summed E-state index contributed by atoms with van der Waals surface area (Å²) in [5.41, 5.74) is 0.876. The molecule has 8 heteroatoms. The fourth-order valence-corrected chi connectivity index (χ4v) is 3.60. The first-order valence-corrected chi connectivity index (χ1v) is 9.74. The quantitative estimate of drug-likeness (QED) is 0.325. The van der Waals surface area contributed by atoms with Gasteiger partial charge in [0.05, 0.1) is 19.3 Å². The van der Waals surface area contributed by atoms with Crippen LogP contribution in [0.15, 0.2) is 41.6 Å². The van der Waals surface area contributed by atoms with Crippen LogP contribution in [0, 0.1) is 0 Å². The number of piperidine rings is 1. The van der Waals surface area contributed by atoms with E-state index in [1.807, 2.05) is 12.1 Å². The molecule has 0 radical (unpaired) electrons. The van der Waals surface area contributed by atoms with E-state index in [-0.39, 0.29) is 5.57 Å². The Bertz CT molecular complexity index is 757. The maximum atomic E-state index is 12.4. The van der Waals surface area contributed by atoms with E-state index in [2.05, 4.69) is 26.8 Å². The van der Waals surface area contributed by atoms with Gasteiger partial charge in [0.2, 0.25) is 0 Å². The van der Waals surface area contributed by atoms with Crippen LogP contribution >= 0.6 is 11.6 Å². The van der Waals surface area contributed by atoms with Crippen LogP contribution in [0.25, 0.3) is 0 Å². The molecule has 3 heterocycles. The van der Waals surface area contributed by atoms with Crippen LogP contribution in [0.5, 0.6) is 0 Å². The summed E-state index contributed by atoms with van der Waals surface area (Å²) in [7, 11) is 0. The summed E-state index contributed by atoms with van der Waals surface area (Å²) in [6.45, 7) is 8.80. The lowest BCUT2D eigenvalue weighted by molar-refractivity contribution is -0.0712. The zero-order valence-corrected chi connectivity index (χ0v) is 16.6. The van der Waals surface area contributed by atoms with Crippen molar-refractivity contribution in [3.8, 4) is 0 Å². The number of pyridine rings is 1. The van der Waals surface area contributed by atoms with Crippen molar-refractivity contribution < 1.29 is 13.5 Å². The van der Waals surface area contributed by atoms with Crippen molar-refractivity contribution in [1.29, 1.82) is 0 Å². The minimum Gasteiger partial charge on any atom is -0.378 e. The van der Waals surface area contributed by atoms with Gasteiger partial charge in [-0.1, -0.05) is 18.2 Å². The highest BCUT2D eigenvalue weighted by molar-refractivity contribution is 6.29. The smallest absolute Gasteiger partial charge is 0.263 e. The SMILES string of the molecule is C=C(/C=C\N=C(C)Nc1cc(C2CCN(C3COC3)CC2)cc(Cl)n1)C(F)F. The molecular formula is C20H25ClF2N4O. The van der Waals surface area contributed by atoms with Crippen molar-refractivity contribution in [2.75, 3.05) is 31.6 Å². The largest absolute Gasteiger partial charge is 0.378 e. The summed E-state index contributed by atoms with van der Waals surface area (Å²) in [5.74, 6) is 1.56. The van der Waals surface area contributed by atoms with Crippen LogP contribution in [-0.4, -0.2) is 54.5 Å². The Morgan fingerprint density at radius 1 is 1.39 bits per heavy atom. The van der Waals surface area contributed by atoms with Crippen LogP contribution in [-0.2, 0) is 4.74 Å². The molecule has 0 bridgehead atoms. The van der Waals surface area contributed by atoms with E-state index in [1.165, 1.54) is 12.3 Å². The van der Waals surface area contributed by atoms with E-state index in [9.17, 15) is 8.78 Å².